The monoisotopic (exact) mass is 452 g/mol. The van der Waals surface area contributed by atoms with E-state index in [1.165, 1.54) is 6.42 Å². The van der Waals surface area contributed by atoms with E-state index in [-0.39, 0.29) is 25.2 Å². The topological polar surface area (TPSA) is 80.3 Å². The van der Waals surface area contributed by atoms with E-state index in [0.717, 1.165) is 42.4 Å². The highest BCUT2D eigenvalue weighted by molar-refractivity contribution is 5.96. The van der Waals surface area contributed by atoms with E-state index in [9.17, 15) is 9.59 Å². The number of cyclic esters (lactones) is 1. The Morgan fingerprint density at radius 1 is 1.03 bits per heavy atom. The number of benzene rings is 2. The van der Waals surface area contributed by atoms with Crippen LogP contribution in [0.5, 0.6) is 17.2 Å². The number of ether oxygens (including phenoxy) is 5. The quantitative estimate of drug-likeness (QED) is 0.517. The SMILES string of the molecule is COc1ccc(-c2cccc3c2COC3=O)c(OCC2(C(=O)OCC3CCC3)CC2)c1OC. The van der Waals surface area contributed by atoms with Gasteiger partial charge in [-0.2, -0.15) is 0 Å². The summed E-state index contributed by atoms with van der Waals surface area (Å²) in [7, 11) is 3.12. The number of carbonyl (C=O) groups excluding carboxylic acids is 2. The first-order valence-electron chi connectivity index (χ1n) is 11.4. The number of carbonyl (C=O) groups is 2. The average Bonchev–Trinajstić information content (AvgIpc) is 3.51. The number of fused-ring (bicyclic) bond motifs is 1. The molecule has 174 valence electrons. The minimum atomic E-state index is -0.618. The molecule has 2 aromatic carbocycles. The van der Waals surface area contributed by atoms with E-state index in [0.29, 0.717) is 35.3 Å². The number of methoxy groups -OCH3 is 2. The third kappa shape index (κ3) is 3.90. The summed E-state index contributed by atoms with van der Waals surface area (Å²) in [5.74, 6) is 1.42. The summed E-state index contributed by atoms with van der Waals surface area (Å²) >= 11 is 0. The molecular formula is C26H28O7. The van der Waals surface area contributed by atoms with E-state index in [1.54, 1.807) is 26.4 Å². The molecule has 7 heteroatoms. The molecule has 0 N–H and O–H groups in total. The molecule has 3 aliphatic rings. The van der Waals surface area contributed by atoms with Crippen molar-refractivity contribution in [3.05, 3.63) is 41.5 Å². The molecule has 2 fully saturated rings. The predicted molar refractivity (Wildman–Crippen MR) is 120 cm³/mol. The summed E-state index contributed by atoms with van der Waals surface area (Å²) in [4.78, 5) is 24.9. The minimum absolute atomic E-state index is 0.183. The second-order valence-electron chi connectivity index (χ2n) is 9.05. The molecule has 1 heterocycles. The summed E-state index contributed by atoms with van der Waals surface area (Å²) in [6.07, 6.45) is 4.96. The summed E-state index contributed by atoms with van der Waals surface area (Å²) in [5.41, 5.74) is 2.31. The molecular weight excluding hydrogens is 424 g/mol. The molecule has 2 aromatic rings. The Morgan fingerprint density at radius 2 is 1.82 bits per heavy atom. The van der Waals surface area contributed by atoms with Gasteiger partial charge in [0.1, 0.15) is 18.6 Å². The molecule has 2 aliphatic carbocycles. The van der Waals surface area contributed by atoms with Gasteiger partial charge in [-0.25, -0.2) is 4.79 Å². The molecule has 1 aliphatic heterocycles. The van der Waals surface area contributed by atoms with Gasteiger partial charge >= 0.3 is 11.9 Å². The fraction of sp³-hybridized carbons (Fsp3) is 0.462. The lowest BCUT2D eigenvalue weighted by molar-refractivity contribution is -0.153. The van der Waals surface area contributed by atoms with Crippen molar-refractivity contribution >= 4 is 11.9 Å². The van der Waals surface area contributed by atoms with Crippen LogP contribution in [0.15, 0.2) is 30.3 Å². The van der Waals surface area contributed by atoms with Crippen LogP contribution in [-0.2, 0) is 20.9 Å². The van der Waals surface area contributed by atoms with Crippen LogP contribution in [0.25, 0.3) is 11.1 Å². The number of rotatable bonds is 9. The molecule has 0 amide bonds. The van der Waals surface area contributed by atoms with Crippen molar-refractivity contribution in [2.75, 3.05) is 27.4 Å². The van der Waals surface area contributed by atoms with Gasteiger partial charge in [0.25, 0.3) is 0 Å². The minimum Gasteiger partial charge on any atom is -0.493 e. The van der Waals surface area contributed by atoms with Crippen molar-refractivity contribution in [2.45, 2.75) is 38.7 Å². The molecule has 7 nitrogen and oxygen atoms in total. The van der Waals surface area contributed by atoms with Gasteiger partial charge < -0.3 is 23.7 Å². The first-order chi connectivity index (χ1) is 16.1. The zero-order chi connectivity index (χ0) is 23.0. The first-order valence-corrected chi connectivity index (χ1v) is 11.4. The lowest BCUT2D eigenvalue weighted by Gasteiger charge is -2.26. The first kappa shape index (κ1) is 21.6. The largest absolute Gasteiger partial charge is 0.493 e. The molecule has 0 atom stereocenters. The fourth-order valence-electron chi connectivity index (χ4n) is 4.43. The van der Waals surface area contributed by atoms with E-state index < -0.39 is 5.41 Å². The Balaban J connectivity index is 1.44. The van der Waals surface area contributed by atoms with Crippen LogP contribution in [-0.4, -0.2) is 39.4 Å². The molecule has 0 saturated heterocycles. The normalized spacial score (nSPS) is 18.1. The Kier molecular flexibility index (Phi) is 5.64. The van der Waals surface area contributed by atoms with Gasteiger partial charge in [-0.15, -0.1) is 0 Å². The third-order valence-electron chi connectivity index (χ3n) is 6.99. The maximum absolute atomic E-state index is 12.8. The molecule has 0 bridgehead atoms. The van der Waals surface area contributed by atoms with Crippen LogP contribution in [0.4, 0.5) is 0 Å². The van der Waals surface area contributed by atoms with Crippen LogP contribution in [0.1, 0.15) is 48.0 Å². The van der Waals surface area contributed by atoms with E-state index >= 15 is 0 Å². The standard InChI is InChI=1S/C26H28O7/c1-29-21-10-9-18(17-7-4-8-19-20(17)14-31-24(19)27)22(23(21)30-2)33-15-26(11-12-26)25(28)32-13-16-5-3-6-16/h4,7-10,16H,3,5-6,11-15H2,1-2H3. The van der Waals surface area contributed by atoms with Gasteiger partial charge in [0.15, 0.2) is 11.5 Å². The number of hydrogen-bond acceptors (Lipinski definition) is 7. The van der Waals surface area contributed by atoms with Crippen molar-refractivity contribution in [3.63, 3.8) is 0 Å². The molecule has 0 spiro atoms. The number of hydrogen-bond donors (Lipinski definition) is 0. The van der Waals surface area contributed by atoms with E-state index in [2.05, 4.69) is 0 Å². The molecule has 33 heavy (non-hydrogen) atoms. The van der Waals surface area contributed by atoms with Crippen LogP contribution in [0, 0.1) is 11.3 Å². The van der Waals surface area contributed by atoms with Crippen molar-refractivity contribution in [1.29, 1.82) is 0 Å². The highest BCUT2D eigenvalue weighted by Gasteiger charge is 2.53. The molecule has 0 aromatic heterocycles. The third-order valence-corrected chi connectivity index (χ3v) is 6.99. The smallest absolute Gasteiger partial charge is 0.338 e. The van der Waals surface area contributed by atoms with Gasteiger partial charge in [-0.1, -0.05) is 18.6 Å². The zero-order valence-electron chi connectivity index (χ0n) is 19.0. The average molecular weight is 453 g/mol. The lowest BCUT2D eigenvalue weighted by atomic mass is 9.86. The Labute approximate surface area is 192 Å². The molecule has 5 rings (SSSR count). The summed E-state index contributed by atoms with van der Waals surface area (Å²) in [6.45, 7) is 0.894. The van der Waals surface area contributed by atoms with Crippen molar-refractivity contribution < 1.29 is 33.3 Å². The van der Waals surface area contributed by atoms with Gasteiger partial charge in [-0.05, 0) is 55.4 Å². The number of esters is 2. The van der Waals surface area contributed by atoms with Crippen LogP contribution in [0.3, 0.4) is 0 Å². The highest BCUT2D eigenvalue weighted by Crippen LogP contribution is 2.51. The molecule has 0 radical (unpaired) electrons. The maximum atomic E-state index is 12.8. The maximum Gasteiger partial charge on any atom is 0.338 e. The van der Waals surface area contributed by atoms with Crippen LogP contribution < -0.4 is 14.2 Å². The fourth-order valence-corrected chi connectivity index (χ4v) is 4.43. The van der Waals surface area contributed by atoms with Crippen molar-refractivity contribution in [2.24, 2.45) is 11.3 Å². The zero-order valence-corrected chi connectivity index (χ0v) is 19.0. The van der Waals surface area contributed by atoms with Gasteiger partial charge in [0.2, 0.25) is 5.75 Å². The summed E-state index contributed by atoms with van der Waals surface area (Å²) < 4.78 is 28.3. The predicted octanol–water partition coefficient (Wildman–Crippen LogP) is 4.54. The van der Waals surface area contributed by atoms with E-state index in [4.69, 9.17) is 23.7 Å². The van der Waals surface area contributed by atoms with Gasteiger partial charge in [0, 0.05) is 11.1 Å². The lowest BCUT2D eigenvalue weighted by Crippen LogP contribution is -2.29. The Hall–Kier alpha value is -3.22. The summed E-state index contributed by atoms with van der Waals surface area (Å²) in [5, 5.41) is 0. The summed E-state index contributed by atoms with van der Waals surface area (Å²) in [6, 6.07) is 9.18. The second-order valence-corrected chi connectivity index (χ2v) is 9.05. The van der Waals surface area contributed by atoms with Crippen molar-refractivity contribution in [1.82, 2.24) is 0 Å². The van der Waals surface area contributed by atoms with Crippen molar-refractivity contribution in [3.8, 4) is 28.4 Å². The Bertz CT molecular complexity index is 1080. The van der Waals surface area contributed by atoms with Gasteiger partial charge in [-0.3, -0.25) is 4.79 Å². The van der Waals surface area contributed by atoms with Crippen LogP contribution >= 0.6 is 0 Å². The Morgan fingerprint density at radius 3 is 2.48 bits per heavy atom. The highest BCUT2D eigenvalue weighted by atomic mass is 16.6. The molecule has 2 saturated carbocycles. The molecule has 0 unspecified atom stereocenters. The van der Waals surface area contributed by atoms with Crippen LogP contribution in [0.2, 0.25) is 0 Å². The van der Waals surface area contributed by atoms with E-state index in [1.807, 2.05) is 18.2 Å². The van der Waals surface area contributed by atoms with Gasteiger partial charge in [0.05, 0.1) is 26.4 Å². The second kappa shape index (κ2) is 8.61.